The van der Waals surface area contributed by atoms with Gasteiger partial charge in [-0.3, -0.25) is 36.0 Å². The van der Waals surface area contributed by atoms with Gasteiger partial charge in [0.1, 0.15) is 11.4 Å². The van der Waals surface area contributed by atoms with Crippen molar-refractivity contribution in [1.29, 1.82) is 0 Å². The van der Waals surface area contributed by atoms with E-state index in [1.54, 1.807) is 0 Å². The van der Waals surface area contributed by atoms with Crippen molar-refractivity contribution >= 4 is 0 Å². The molecule has 0 aromatic heterocycles. The van der Waals surface area contributed by atoms with Crippen LogP contribution in [0.2, 0.25) is 0 Å². The first-order valence-corrected chi connectivity index (χ1v) is 40.3. The van der Waals surface area contributed by atoms with Crippen LogP contribution in [0, 0.1) is 0 Å². The molecular weight excluding hydrogens is 1060 g/mol. The monoisotopic (exact) mass is 1230 g/mol. The highest BCUT2D eigenvalue weighted by Crippen LogP contribution is 2.37. The topological polar surface area (TPSA) is 76.4 Å². The lowest BCUT2D eigenvalue weighted by molar-refractivity contribution is -0.268. The number of nitrogens with one attached hydrogen (secondary N) is 5. The van der Waals surface area contributed by atoms with Gasteiger partial charge in [0.05, 0.1) is 0 Å². The minimum atomic E-state index is -0.572. The molecule has 0 saturated heterocycles. The van der Waals surface area contributed by atoms with Gasteiger partial charge >= 0.3 is 0 Å². The van der Waals surface area contributed by atoms with Gasteiger partial charge in [0, 0.05) is 58.9 Å². The lowest BCUT2D eigenvalue weighted by Crippen LogP contribution is -2.90. The summed E-state index contributed by atoms with van der Waals surface area (Å²) in [5.41, 5.74) is 4.06. The maximum atomic E-state index is 4.76. The normalized spacial score (nSPS) is 14.4. The van der Waals surface area contributed by atoms with Crippen molar-refractivity contribution in [2.45, 2.75) is 415 Å². The summed E-state index contributed by atoms with van der Waals surface area (Å²) < 4.78 is 0. The Morgan fingerprint density at radius 3 is 1.00 bits per heavy atom. The van der Waals surface area contributed by atoms with E-state index < -0.39 is 11.4 Å². The van der Waals surface area contributed by atoms with Gasteiger partial charge in [0.2, 0.25) is 0 Å². The number of hydrazine groups is 2. The third kappa shape index (κ3) is 38.5. The van der Waals surface area contributed by atoms with Gasteiger partial charge in [-0.2, -0.15) is 0 Å². The summed E-state index contributed by atoms with van der Waals surface area (Å²) in [6.45, 7) is 45.6. The molecule has 0 aliphatic rings. The van der Waals surface area contributed by atoms with Crippen LogP contribution in [0.25, 0.3) is 0 Å². The zero-order valence-electron chi connectivity index (χ0n) is 62.4. The van der Waals surface area contributed by atoms with Gasteiger partial charge in [0.25, 0.3) is 0 Å². The first kappa shape index (κ1) is 86.6. The van der Waals surface area contributed by atoms with Crippen molar-refractivity contribution in [2.24, 2.45) is 0 Å². The maximum absolute atomic E-state index is 4.76. The van der Waals surface area contributed by atoms with Crippen LogP contribution in [0.5, 0.6) is 0 Å². The Labute approximate surface area is 549 Å². The maximum Gasteiger partial charge on any atom is 0.187 e. The first-order chi connectivity index (χ1) is 42.7. The predicted molar refractivity (Wildman–Crippen MR) is 392 cm³/mol. The van der Waals surface area contributed by atoms with Crippen LogP contribution in [0.4, 0.5) is 0 Å². The summed E-state index contributed by atoms with van der Waals surface area (Å²) in [6, 6.07) is 0. The van der Waals surface area contributed by atoms with Gasteiger partial charge in [-0.1, -0.05) is 295 Å². The Hall–Kier alpha value is -0.400. The molecule has 0 radical (unpaired) electrons. The quantitative estimate of drug-likeness (QED) is 0.0231. The molecule has 0 fully saturated rings. The van der Waals surface area contributed by atoms with E-state index in [0.717, 1.165) is 71.7 Å². The molecule has 0 saturated carbocycles. The molecule has 10 heteroatoms. The number of nitrogens with zero attached hydrogens (tertiary/aromatic N) is 5. The molecule has 0 aromatic carbocycles. The third-order valence-electron chi connectivity index (χ3n) is 19.3. The van der Waals surface area contributed by atoms with Gasteiger partial charge in [-0.05, 0) is 129 Å². The zero-order valence-corrected chi connectivity index (χ0v) is 62.4. The van der Waals surface area contributed by atoms with Crippen molar-refractivity contribution in [2.75, 3.05) is 85.1 Å². The average Bonchev–Trinajstić information content (AvgIpc) is 1.25. The highest BCUT2D eigenvalue weighted by molar-refractivity contribution is 5.08. The zero-order chi connectivity index (χ0) is 64.1. The fraction of sp³-hybridized carbons (Fsp3) is 1.00. The van der Waals surface area contributed by atoms with E-state index in [0.29, 0.717) is 0 Å². The van der Waals surface area contributed by atoms with E-state index in [-0.39, 0.29) is 5.79 Å². The van der Waals surface area contributed by atoms with Crippen molar-refractivity contribution in [1.82, 2.24) is 51.5 Å². The van der Waals surface area contributed by atoms with Crippen molar-refractivity contribution in [3.8, 4) is 0 Å². The fourth-order valence-electron chi connectivity index (χ4n) is 13.7. The molecule has 0 aliphatic carbocycles. The molecule has 0 aromatic rings. The Bertz CT molecular complexity index is 1310. The molecule has 0 bridgehead atoms. The van der Waals surface area contributed by atoms with Gasteiger partial charge < -0.3 is 0 Å². The molecule has 3 atom stereocenters. The summed E-state index contributed by atoms with van der Waals surface area (Å²) in [4.78, 5) is 9.21. The lowest BCUT2D eigenvalue weighted by atomic mass is 9.88. The fourth-order valence-corrected chi connectivity index (χ4v) is 13.7. The third-order valence-corrected chi connectivity index (χ3v) is 19.3. The molecule has 0 aliphatic heterocycles. The van der Waals surface area contributed by atoms with Gasteiger partial charge in [-0.25, -0.2) is 10.4 Å². The van der Waals surface area contributed by atoms with Crippen LogP contribution in [-0.4, -0.2) is 127 Å². The van der Waals surface area contributed by atoms with Gasteiger partial charge in [-0.15, -0.1) is 5.12 Å². The number of hydrogen-bond donors (Lipinski definition) is 5. The Balaban J connectivity index is 8.91. The molecule has 0 amide bonds. The van der Waals surface area contributed by atoms with Crippen molar-refractivity contribution < 1.29 is 0 Å². The van der Waals surface area contributed by atoms with Gasteiger partial charge in [0.15, 0.2) is 5.79 Å². The molecule has 10 nitrogen and oxygen atoms in total. The first-order valence-electron chi connectivity index (χ1n) is 40.3. The van der Waals surface area contributed by atoms with Crippen LogP contribution >= 0.6 is 0 Å². The van der Waals surface area contributed by atoms with E-state index in [9.17, 15) is 0 Å². The largest absolute Gasteiger partial charge is 0.295 e. The summed E-state index contributed by atoms with van der Waals surface area (Å²) in [7, 11) is 0. The second kappa shape index (κ2) is 63.0. The second-order valence-electron chi connectivity index (χ2n) is 27.4. The average molecular weight is 1230 g/mol. The molecule has 524 valence electrons. The van der Waals surface area contributed by atoms with E-state index >= 15 is 0 Å². The van der Waals surface area contributed by atoms with Crippen molar-refractivity contribution in [3.05, 3.63) is 0 Å². The summed E-state index contributed by atoms with van der Waals surface area (Å²) in [5.74, 6) is -0.700. The lowest BCUT2D eigenvalue weighted by Gasteiger charge is -2.63. The number of unbranched alkanes of at least 4 members (excludes halogenated alkanes) is 32. The van der Waals surface area contributed by atoms with E-state index in [1.165, 1.54) is 322 Å². The Morgan fingerprint density at radius 2 is 0.529 bits per heavy atom. The molecular formula is C77H166N10. The standard InChI is InChI=1S/C77H166N10/c1-14-27-39-45-53-66-82-87(86(73-58-46-40-28-15-2)74-59-47-41-29-16-3)77(81-65-51-33-20-7,85(67-37-24-11)68-38-25-12)75(78-62-26-13,79-63-36-23-10)60-49-48-50-61-76(80-64-52-42-30-17-4,83(69-54-34-21-8)70-55-35-22-9)84(71-56-43-31-18-5)72-57-44-32-19-6/h78-82H,14-74H2,1-13H3. The van der Waals surface area contributed by atoms with Crippen LogP contribution < -0.4 is 26.7 Å². The molecule has 0 spiro atoms. The molecule has 0 heterocycles. The van der Waals surface area contributed by atoms with Crippen LogP contribution in [-0.2, 0) is 0 Å². The summed E-state index contributed by atoms with van der Waals surface area (Å²) in [6.07, 6.45) is 61.1. The predicted octanol–water partition coefficient (Wildman–Crippen LogP) is 21.3. The van der Waals surface area contributed by atoms with E-state index in [4.69, 9.17) is 5.32 Å². The Kier molecular flexibility index (Phi) is 62.7. The minimum absolute atomic E-state index is 0.128. The van der Waals surface area contributed by atoms with Crippen LogP contribution in [0.1, 0.15) is 398 Å². The highest BCUT2D eigenvalue weighted by atomic mass is 15.9. The molecule has 87 heavy (non-hydrogen) atoms. The van der Waals surface area contributed by atoms with Crippen molar-refractivity contribution in [3.63, 3.8) is 0 Å². The van der Waals surface area contributed by atoms with E-state index in [2.05, 4.69) is 136 Å². The SMILES string of the molecule is CCCCCCCNN(N(CCCCCCC)CCCCCCC)C(NCCCCC)(N(CCCC)CCCC)C(CCCCCC(NCCCCCC)(N(CCCCC)CCCCC)N(CCCCCC)CCCCCC)(NCCC)NCCCC. The number of hydrogen-bond acceptors (Lipinski definition) is 10. The van der Waals surface area contributed by atoms with Crippen LogP contribution in [0.3, 0.4) is 0 Å². The molecule has 5 N–H and O–H groups in total. The number of rotatable bonds is 73. The summed E-state index contributed by atoms with van der Waals surface area (Å²) in [5, 5.41) is 24.5. The smallest absolute Gasteiger partial charge is 0.187 e. The molecule has 3 unspecified atom stereocenters. The second-order valence-corrected chi connectivity index (χ2v) is 27.4. The molecule has 0 rings (SSSR count). The van der Waals surface area contributed by atoms with E-state index in [1.807, 2.05) is 0 Å². The highest BCUT2D eigenvalue weighted by Gasteiger charge is 2.59. The Morgan fingerprint density at radius 1 is 0.218 bits per heavy atom. The van der Waals surface area contributed by atoms with Crippen LogP contribution in [0.15, 0.2) is 0 Å². The minimum Gasteiger partial charge on any atom is -0.295 e. The summed E-state index contributed by atoms with van der Waals surface area (Å²) >= 11 is 0.